The first-order valence-electron chi connectivity index (χ1n) is 42.5. The average Bonchev–Trinajstić information content (AvgIpc) is 0.754. The maximum Gasteiger partial charge on any atom is 0.410 e. The molecule has 6 aliphatic heterocycles. The van der Waals surface area contributed by atoms with Crippen molar-refractivity contribution in [3.63, 3.8) is 0 Å². The molecule has 0 aliphatic carbocycles. The Morgan fingerprint density at radius 1 is 0.433 bits per heavy atom. The van der Waals surface area contributed by atoms with Crippen LogP contribution in [0.2, 0.25) is 0 Å². The number of hydrogen-bond donors (Lipinski definition) is 2. The molecule has 32 nitrogen and oxygen atoms in total. The molecule has 0 saturated carbocycles. The number of ketones is 3. The third kappa shape index (κ3) is 24.9. The van der Waals surface area contributed by atoms with E-state index < -0.39 is 68.5 Å². The fraction of sp³-hybridized carbons (Fsp3) is 0.432. The van der Waals surface area contributed by atoms with Crippen molar-refractivity contribution in [2.24, 2.45) is 5.73 Å². The molecule has 0 bridgehead atoms. The molecule has 3 N–H and O–H groups in total. The van der Waals surface area contributed by atoms with Gasteiger partial charge in [0.15, 0.2) is 51.7 Å². The van der Waals surface area contributed by atoms with Crippen LogP contribution in [0, 0.1) is 0 Å². The number of likely N-dealkylation sites (tertiary alicyclic amines) is 2. The van der Waals surface area contributed by atoms with E-state index in [0.717, 1.165) is 113 Å². The first-order valence-corrected chi connectivity index (χ1v) is 42.5. The van der Waals surface area contributed by atoms with Gasteiger partial charge in [0.25, 0.3) is 17.6 Å². The van der Waals surface area contributed by atoms with Crippen LogP contribution in [0.4, 0.5) is 9.59 Å². The molecule has 0 radical (unpaired) electrons. The van der Waals surface area contributed by atoms with Crippen molar-refractivity contribution < 1.29 is 95.4 Å². The summed E-state index contributed by atoms with van der Waals surface area (Å²) >= 11 is 0. The molecule has 127 heavy (non-hydrogen) atoms. The van der Waals surface area contributed by atoms with Crippen molar-refractivity contribution in [2.45, 2.75) is 221 Å². The summed E-state index contributed by atoms with van der Waals surface area (Å²) in [5, 5.41) is 9.41. The second-order valence-electron chi connectivity index (χ2n) is 33.5. The lowest BCUT2D eigenvalue weighted by Gasteiger charge is -2.41. The van der Waals surface area contributed by atoms with Crippen LogP contribution in [0.1, 0.15) is 245 Å². The number of aromatic nitrogens is 3. The van der Waals surface area contributed by atoms with Gasteiger partial charge in [-0.15, -0.1) is 0 Å². The van der Waals surface area contributed by atoms with E-state index >= 15 is 0 Å². The first-order chi connectivity index (χ1) is 60.6. The van der Waals surface area contributed by atoms with E-state index in [1.807, 2.05) is 135 Å². The summed E-state index contributed by atoms with van der Waals surface area (Å²) in [6, 6.07) is 36.9. The number of nitrogens with zero attached hydrogens (tertiary/aromatic N) is 7. The SMILES string of the molecule is CC(=O)c1cn2c(c(OCc3ccccc3)c1=O)C(=O)N1CCCC[C@H]1C2.CC(C)(C)OC(=O)N1CCCC[C@H]1CN.COC(=O)c1c(OCc2ccccc2)c(=O)c(C(C)=O)cn1C[C@@H]1CCCCN1C(=O)OC(C)(C)C.COC(=O)c1occ(C(C)=O)c(=O)c1OCc1ccccc1.O=C(O)c1cn2c(c(OCc3ccccc3)c1=O)C(=O)N1CCCC[C@H]1C2. The minimum Gasteiger partial charge on any atom is -0.483 e. The molecule has 4 aromatic heterocycles. The maximum atomic E-state index is 13.2. The van der Waals surface area contributed by atoms with Crippen molar-refractivity contribution in [2.75, 3.05) is 46.9 Å². The molecule has 4 saturated heterocycles. The maximum absolute atomic E-state index is 13.2. The Bertz CT molecular complexity index is 5380. The van der Waals surface area contributed by atoms with E-state index in [1.165, 1.54) is 51.0 Å². The summed E-state index contributed by atoms with van der Waals surface area (Å²) in [6.45, 7) is 19.6. The van der Waals surface area contributed by atoms with Gasteiger partial charge in [-0.25, -0.2) is 24.0 Å². The monoisotopic (exact) mass is 1750 g/mol. The van der Waals surface area contributed by atoms with Gasteiger partial charge in [0.2, 0.25) is 27.5 Å². The van der Waals surface area contributed by atoms with Crippen LogP contribution in [-0.4, -0.2) is 180 Å². The topological polar surface area (TPSA) is 400 Å². The highest BCUT2D eigenvalue weighted by Crippen LogP contribution is 2.34. The number of rotatable bonds is 21. The molecular weight excluding hydrogens is 1640 g/mol. The molecular formula is C95H112N8O24. The zero-order valence-electron chi connectivity index (χ0n) is 73.7. The Balaban J connectivity index is 0.000000169. The zero-order valence-corrected chi connectivity index (χ0v) is 73.7. The number of esters is 2. The van der Waals surface area contributed by atoms with Crippen molar-refractivity contribution in [1.29, 1.82) is 0 Å². The van der Waals surface area contributed by atoms with Crippen molar-refractivity contribution in [1.82, 2.24) is 33.3 Å². The van der Waals surface area contributed by atoms with Gasteiger partial charge in [-0.3, -0.25) is 43.2 Å². The van der Waals surface area contributed by atoms with E-state index in [0.29, 0.717) is 45.7 Å². The van der Waals surface area contributed by atoms with Crippen molar-refractivity contribution >= 4 is 59.3 Å². The number of Topliss-reactive ketones (excluding diaryl/α,β-unsaturated/α-hetero) is 3. The van der Waals surface area contributed by atoms with E-state index in [2.05, 4.69) is 4.74 Å². The molecule has 6 aliphatic rings. The number of carboxylic acid groups (broad SMARTS) is 1. The first kappa shape index (κ1) is 96.0. The Morgan fingerprint density at radius 3 is 1.19 bits per heavy atom. The largest absolute Gasteiger partial charge is 0.483 e. The van der Waals surface area contributed by atoms with Crippen molar-refractivity contribution in [3.8, 4) is 23.0 Å². The van der Waals surface area contributed by atoms with Gasteiger partial charge >= 0.3 is 30.1 Å². The van der Waals surface area contributed by atoms with Gasteiger partial charge in [0.05, 0.1) is 31.4 Å². The quantitative estimate of drug-likeness (QED) is 0.0383. The second kappa shape index (κ2) is 44.1. The highest BCUT2D eigenvalue weighted by atomic mass is 16.6. The number of hydrogen-bond acceptors (Lipinski definition) is 24. The number of methoxy groups -OCH3 is 2. The van der Waals surface area contributed by atoms with Crippen LogP contribution in [-0.2, 0) is 65.0 Å². The minimum atomic E-state index is -1.32. The van der Waals surface area contributed by atoms with E-state index in [9.17, 15) is 72.2 Å². The van der Waals surface area contributed by atoms with Gasteiger partial charge in [-0.1, -0.05) is 121 Å². The lowest BCUT2D eigenvalue weighted by Crippen LogP contribution is -2.51. The van der Waals surface area contributed by atoms with Crippen LogP contribution in [0.15, 0.2) is 170 Å². The van der Waals surface area contributed by atoms with Crippen LogP contribution in [0.3, 0.4) is 0 Å². The molecule has 0 spiro atoms. The standard InChI is InChI=1S/C27H34N2O7.C21H22N2O4.C20H20N2O5.C16H14O6.C11H22N2O2/c1-18(30)21-16-28(15-20-13-9-10-14-29(20)26(33)36-27(2,3)4)22(25(32)34-5)24(23(21)31)35-17-19-11-7-6-8-12-19;1-14(24)17-12-22-11-16-9-5-6-10-23(16)21(26)18(22)20(19(17)25)27-13-15-7-3-2-4-8-15;23-17-15(20(25)26)11-21-10-14-8-4-5-9-22(14)19(24)16(21)18(17)27-12-13-6-2-1-3-7-13;1-10(17)12-9-22-15(16(19)20-2)14(13(12)18)21-8-11-6-4-3-5-7-11;1-11(2,3)15-10(14)13-7-5-4-6-9(13)8-12/h6-8,11-12,16,20H,9-10,13-15,17H2,1-5H3;2-4,7-8,12,16H,5-6,9-11,13H2,1H3;1-3,6-7,11,14H,4-5,8-10,12H2,(H,25,26);3-7,9H,8H2,1-2H3;9H,4-8,12H2,1-3H3/t20-;16-;14-;;9-/m000.0/s1. The molecule has 4 aromatic carbocycles. The molecule has 4 fully saturated rings. The van der Waals surface area contributed by atoms with Gasteiger partial charge < -0.3 is 86.5 Å². The highest BCUT2D eigenvalue weighted by molar-refractivity contribution is 6.01. The predicted molar refractivity (Wildman–Crippen MR) is 467 cm³/mol. The molecule has 10 heterocycles. The number of carbonyl (C=O) groups excluding carboxylic acids is 9. The molecule has 14 rings (SSSR count). The molecule has 0 unspecified atom stereocenters. The molecule has 32 heteroatoms. The molecule has 8 aromatic rings. The average molecular weight is 1750 g/mol. The Morgan fingerprint density at radius 2 is 0.787 bits per heavy atom. The Kier molecular flexibility index (Phi) is 33.3. The Labute approximate surface area is 735 Å². The lowest BCUT2D eigenvalue weighted by atomic mass is 9.98. The molecule has 4 amide bonds. The summed E-state index contributed by atoms with van der Waals surface area (Å²) in [4.78, 5) is 181. The number of piperidine rings is 4. The summed E-state index contributed by atoms with van der Waals surface area (Å²) in [6.07, 6.45) is 15.8. The summed E-state index contributed by atoms with van der Waals surface area (Å²) in [7, 11) is 2.37. The van der Waals surface area contributed by atoms with Crippen LogP contribution in [0.25, 0.3) is 0 Å². The van der Waals surface area contributed by atoms with E-state index in [1.54, 1.807) is 56.7 Å². The lowest BCUT2D eigenvalue weighted by molar-refractivity contribution is 0.00727. The Hall–Kier alpha value is -13.3. The third-order valence-corrected chi connectivity index (χ3v) is 21.9. The predicted octanol–water partition coefficient (Wildman–Crippen LogP) is 12.9. The van der Waals surface area contributed by atoms with Crippen LogP contribution < -0.4 is 46.4 Å². The smallest absolute Gasteiger partial charge is 0.410 e. The van der Waals surface area contributed by atoms with Gasteiger partial charge in [0, 0.05) is 89.1 Å². The van der Waals surface area contributed by atoms with Crippen LogP contribution >= 0.6 is 0 Å². The molecule has 4 atom stereocenters. The number of fused-ring (bicyclic) bond motifs is 4. The number of amides is 4. The normalized spacial score (nSPS) is 16.8. The number of carboxylic acids is 1. The number of benzene rings is 4. The van der Waals surface area contributed by atoms with Crippen LogP contribution in [0.5, 0.6) is 23.0 Å². The number of pyridine rings is 3. The van der Waals surface area contributed by atoms with E-state index in [-0.39, 0.29) is 149 Å². The fourth-order valence-electron chi connectivity index (χ4n) is 15.6. The number of ether oxygens (including phenoxy) is 8. The number of aromatic carboxylic acids is 1. The van der Waals surface area contributed by atoms with Gasteiger partial charge in [-0.05, 0) is 162 Å². The van der Waals surface area contributed by atoms with Gasteiger partial charge in [-0.2, -0.15) is 0 Å². The van der Waals surface area contributed by atoms with Gasteiger partial charge in [0.1, 0.15) is 55.0 Å². The summed E-state index contributed by atoms with van der Waals surface area (Å²) in [5.74, 6) is -5.78. The fourth-order valence-corrected chi connectivity index (χ4v) is 15.6. The number of nitrogens with two attached hydrogens (primary N) is 1. The van der Waals surface area contributed by atoms with E-state index in [4.69, 9.17) is 43.3 Å². The van der Waals surface area contributed by atoms with Crippen molar-refractivity contribution in [3.05, 3.63) is 254 Å². The number of carbonyl (C=O) groups is 10. The highest BCUT2D eigenvalue weighted by Gasteiger charge is 2.41. The summed E-state index contributed by atoms with van der Waals surface area (Å²) < 4.78 is 53.1. The zero-order chi connectivity index (χ0) is 92.0. The minimum absolute atomic E-state index is 0.0134. The third-order valence-electron chi connectivity index (χ3n) is 21.9. The molecule has 676 valence electrons. The summed E-state index contributed by atoms with van der Waals surface area (Å²) in [5.41, 5.74) is 4.95. The second-order valence-corrected chi connectivity index (χ2v) is 33.5.